The quantitative estimate of drug-likeness (QED) is 0.166. The lowest BCUT2D eigenvalue weighted by Crippen LogP contribution is -2.23. The minimum Gasteiger partial charge on any atom is -0.490 e. The average Bonchev–Trinajstić information content (AvgIpc) is 3.89. The van der Waals surface area contributed by atoms with Crippen LogP contribution in [-0.4, -0.2) is 28.3 Å². The lowest BCUT2D eigenvalue weighted by molar-refractivity contribution is 0.138. The van der Waals surface area contributed by atoms with E-state index in [9.17, 15) is 4.79 Å². The Morgan fingerprint density at radius 1 is 0.587 bits per heavy atom. The molecule has 4 aliphatic carbocycles. The molecule has 0 spiro atoms. The lowest BCUT2D eigenvalue weighted by atomic mass is 9.97. The van der Waals surface area contributed by atoms with Crippen LogP contribution in [0.25, 0.3) is 0 Å². The molecule has 46 heavy (non-hydrogen) atoms. The van der Waals surface area contributed by atoms with Crippen LogP contribution in [0, 0.1) is 23.7 Å². The van der Waals surface area contributed by atoms with Crippen molar-refractivity contribution in [1.82, 2.24) is 9.97 Å². The highest BCUT2D eigenvalue weighted by Crippen LogP contribution is 2.47. The van der Waals surface area contributed by atoms with Crippen molar-refractivity contribution in [2.75, 3.05) is 0 Å². The Hall–Kier alpha value is -4.39. The first-order valence-corrected chi connectivity index (χ1v) is 16.9. The number of ether oxygens (including phenoxy) is 4. The number of hydrogen-bond donors (Lipinski definition) is 0. The molecule has 0 amide bonds. The highest BCUT2D eigenvalue weighted by molar-refractivity contribution is 5.67. The summed E-state index contributed by atoms with van der Waals surface area (Å²) in [5.74, 6) is 5.40. The molecule has 236 valence electrons. The van der Waals surface area contributed by atoms with Gasteiger partial charge in [-0.25, -0.2) is 14.8 Å². The maximum Gasteiger partial charge on any atom is 0.522 e. The fourth-order valence-corrected chi connectivity index (χ4v) is 8.30. The Labute approximate surface area is 270 Å². The normalized spacial score (nSPS) is 25.8. The maximum atomic E-state index is 13.0. The Morgan fingerprint density at radius 3 is 1.43 bits per heavy atom. The molecule has 6 atom stereocenters. The number of benzene rings is 2. The van der Waals surface area contributed by atoms with Gasteiger partial charge in [0.25, 0.3) is 0 Å². The molecule has 7 heteroatoms. The Morgan fingerprint density at radius 2 is 1.04 bits per heavy atom. The van der Waals surface area contributed by atoms with E-state index in [1.54, 1.807) is 12.4 Å². The van der Waals surface area contributed by atoms with E-state index in [2.05, 4.69) is 34.2 Å². The van der Waals surface area contributed by atoms with Crippen molar-refractivity contribution in [3.8, 4) is 23.3 Å². The molecule has 0 radical (unpaired) electrons. The van der Waals surface area contributed by atoms with Crippen molar-refractivity contribution >= 4 is 6.16 Å². The molecule has 8 rings (SSSR count). The van der Waals surface area contributed by atoms with E-state index in [-0.39, 0.29) is 11.8 Å². The van der Waals surface area contributed by atoms with Gasteiger partial charge < -0.3 is 18.9 Å². The number of carbonyl (C=O) groups is 1. The molecule has 0 saturated heterocycles. The first kappa shape index (κ1) is 29.0. The van der Waals surface area contributed by atoms with Crippen molar-refractivity contribution in [3.63, 3.8) is 0 Å². The number of hydrogen-bond acceptors (Lipinski definition) is 7. The van der Waals surface area contributed by atoms with Gasteiger partial charge in [0, 0.05) is 36.4 Å². The molecule has 0 aliphatic heterocycles. The molecule has 4 bridgehead atoms. The Kier molecular flexibility index (Phi) is 8.07. The molecule has 0 N–H and O–H groups in total. The summed E-state index contributed by atoms with van der Waals surface area (Å²) in [7, 11) is 0. The van der Waals surface area contributed by atoms with Gasteiger partial charge in [-0.2, -0.15) is 0 Å². The van der Waals surface area contributed by atoms with Gasteiger partial charge in [-0.05, 0) is 123 Å². The van der Waals surface area contributed by atoms with Gasteiger partial charge in [0.15, 0.2) is 0 Å². The highest BCUT2D eigenvalue weighted by atomic mass is 16.7. The molecular weight excluding hydrogens is 576 g/mol. The van der Waals surface area contributed by atoms with E-state index >= 15 is 0 Å². The molecule has 2 heterocycles. The molecule has 4 fully saturated rings. The van der Waals surface area contributed by atoms with Crippen molar-refractivity contribution in [2.24, 2.45) is 23.7 Å². The van der Waals surface area contributed by atoms with Crippen molar-refractivity contribution in [2.45, 2.75) is 76.4 Å². The molecule has 2 aromatic heterocycles. The predicted molar refractivity (Wildman–Crippen MR) is 173 cm³/mol. The third kappa shape index (κ3) is 6.46. The second-order valence-corrected chi connectivity index (χ2v) is 13.7. The summed E-state index contributed by atoms with van der Waals surface area (Å²) in [6, 6.07) is 23.9. The Balaban J connectivity index is 0.874. The van der Waals surface area contributed by atoms with Gasteiger partial charge in [0.1, 0.15) is 23.7 Å². The van der Waals surface area contributed by atoms with Crippen LogP contribution in [0.2, 0.25) is 0 Å². The smallest absolute Gasteiger partial charge is 0.490 e. The number of pyridine rings is 2. The highest BCUT2D eigenvalue weighted by Gasteiger charge is 2.41. The summed E-state index contributed by atoms with van der Waals surface area (Å²) in [5.41, 5.74) is 3.72. The van der Waals surface area contributed by atoms with Crippen LogP contribution in [0.15, 0.2) is 85.2 Å². The zero-order valence-electron chi connectivity index (χ0n) is 26.1. The van der Waals surface area contributed by atoms with Crippen molar-refractivity contribution in [3.05, 3.63) is 107 Å². The standard InChI is InChI=1S/C39H40N2O5/c42-39(45-37-31(3-1-17-40-37)19-25-7-13-33(14-8-25)43-35-23-27-5-11-29(35)21-27)46-38-32(4-2-18-41-38)20-26-9-15-34(16-10-26)44-36-24-28-6-12-30(36)22-28/h1-4,7-10,13-18,27-30,35-36H,5-6,11-12,19-24H2. The largest absolute Gasteiger partial charge is 0.522 e. The van der Waals surface area contributed by atoms with Crippen molar-refractivity contribution < 1.29 is 23.7 Å². The third-order valence-corrected chi connectivity index (χ3v) is 10.6. The number of fused-ring (bicyclic) bond motifs is 4. The molecular formula is C39H40N2O5. The SMILES string of the molecule is O=C(Oc1ncccc1Cc1ccc(OC2CC3CCC2C3)cc1)Oc1ncccc1Cc1ccc(OC2CC3CCC2C3)cc1. The van der Waals surface area contributed by atoms with E-state index in [1.807, 2.05) is 48.5 Å². The van der Waals surface area contributed by atoms with E-state index in [0.717, 1.165) is 45.6 Å². The van der Waals surface area contributed by atoms with Gasteiger partial charge in [0.2, 0.25) is 11.8 Å². The van der Waals surface area contributed by atoms with Crippen LogP contribution >= 0.6 is 0 Å². The minimum atomic E-state index is -0.871. The fraction of sp³-hybridized carbons (Fsp3) is 0.410. The Bertz CT molecular complexity index is 1550. The molecule has 4 aliphatic rings. The first-order chi connectivity index (χ1) is 22.6. The minimum absolute atomic E-state index is 0.221. The summed E-state index contributed by atoms with van der Waals surface area (Å²) in [5, 5.41) is 0. The molecule has 4 saturated carbocycles. The summed E-state index contributed by atoms with van der Waals surface area (Å²) in [4.78, 5) is 21.6. The number of nitrogens with zero attached hydrogens (tertiary/aromatic N) is 2. The van der Waals surface area contributed by atoms with Crippen LogP contribution in [0.5, 0.6) is 23.3 Å². The van der Waals surface area contributed by atoms with E-state index in [0.29, 0.717) is 36.9 Å². The zero-order valence-corrected chi connectivity index (χ0v) is 26.1. The summed E-state index contributed by atoms with van der Waals surface area (Å²) >= 11 is 0. The average molecular weight is 617 g/mol. The van der Waals surface area contributed by atoms with Crippen LogP contribution in [0.1, 0.15) is 73.6 Å². The van der Waals surface area contributed by atoms with E-state index in [4.69, 9.17) is 18.9 Å². The number of carbonyl (C=O) groups excluding carboxylic acids is 1. The molecule has 2 aromatic carbocycles. The summed E-state index contributed by atoms with van der Waals surface area (Å²) in [6.45, 7) is 0. The second-order valence-electron chi connectivity index (χ2n) is 13.7. The maximum absolute atomic E-state index is 13.0. The third-order valence-electron chi connectivity index (χ3n) is 10.6. The lowest BCUT2D eigenvalue weighted by Gasteiger charge is -2.23. The summed E-state index contributed by atoms with van der Waals surface area (Å²) < 4.78 is 23.9. The van der Waals surface area contributed by atoms with E-state index in [1.165, 1.54) is 51.4 Å². The van der Waals surface area contributed by atoms with Gasteiger partial charge in [-0.15, -0.1) is 0 Å². The molecule has 7 nitrogen and oxygen atoms in total. The van der Waals surface area contributed by atoms with Crippen LogP contribution in [0.3, 0.4) is 0 Å². The fourth-order valence-electron chi connectivity index (χ4n) is 8.30. The van der Waals surface area contributed by atoms with Gasteiger partial charge in [0.05, 0.1) is 0 Å². The predicted octanol–water partition coefficient (Wildman–Crippen LogP) is 8.37. The van der Waals surface area contributed by atoms with Crippen molar-refractivity contribution in [1.29, 1.82) is 0 Å². The zero-order chi connectivity index (χ0) is 30.9. The number of rotatable bonds is 10. The number of aromatic nitrogens is 2. The monoisotopic (exact) mass is 616 g/mol. The van der Waals surface area contributed by atoms with Crippen LogP contribution in [0.4, 0.5) is 4.79 Å². The molecule has 4 aromatic rings. The molecule has 6 unspecified atom stereocenters. The van der Waals surface area contributed by atoms with E-state index < -0.39 is 6.16 Å². The van der Waals surface area contributed by atoms with Gasteiger partial charge in [-0.1, -0.05) is 36.4 Å². The topological polar surface area (TPSA) is 79.8 Å². The summed E-state index contributed by atoms with van der Waals surface area (Å²) in [6.07, 6.45) is 14.5. The second kappa shape index (κ2) is 12.8. The van der Waals surface area contributed by atoms with Crippen LogP contribution in [-0.2, 0) is 12.8 Å². The first-order valence-electron chi connectivity index (χ1n) is 16.9. The van der Waals surface area contributed by atoms with Gasteiger partial charge >= 0.3 is 6.16 Å². The van der Waals surface area contributed by atoms with Gasteiger partial charge in [-0.3, -0.25) is 0 Å². The van der Waals surface area contributed by atoms with Crippen LogP contribution < -0.4 is 18.9 Å².